The van der Waals surface area contributed by atoms with E-state index in [1.807, 2.05) is 77.8 Å². The Bertz CT molecular complexity index is 1290. The summed E-state index contributed by atoms with van der Waals surface area (Å²) < 4.78 is 15.4. The number of fused-ring (bicyclic) bond motifs is 1. The Kier molecular flexibility index (Phi) is 6.84. The number of para-hydroxylation sites is 3. The van der Waals surface area contributed by atoms with Crippen LogP contribution in [0.5, 0.6) is 11.5 Å². The minimum Gasteiger partial charge on any atom is -0.493 e. The van der Waals surface area contributed by atoms with Gasteiger partial charge >= 0.3 is 0 Å². The van der Waals surface area contributed by atoms with Crippen LogP contribution in [-0.2, 0) is 13.6 Å². The molecule has 0 N–H and O–H groups in total. The third-order valence-corrected chi connectivity index (χ3v) is 6.29. The number of carbonyl (C=O) groups excluding carboxylic acids is 1. The van der Waals surface area contributed by atoms with E-state index in [4.69, 9.17) is 9.47 Å². The van der Waals surface area contributed by atoms with E-state index in [0.29, 0.717) is 34.6 Å². The van der Waals surface area contributed by atoms with Crippen molar-refractivity contribution in [1.29, 1.82) is 0 Å². The lowest BCUT2D eigenvalue weighted by Crippen LogP contribution is -2.13. The average Bonchev–Trinajstić information content (AvgIpc) is 3.39. The number of thioether (sulfide) groups is 1. The zero-order valence-electron chi connectivity index (χ0n) is 18.9. The fourth-order valence-electron chi connectivity index (χ4n) is 3.74. The molecule has 170 valence electrons. The summed E-state index contributed by atoms with van der Waals surface area (Å²) in [5.74, 6) is 2.23. The molecule has 2 aromatic heterocycles. The molecule has 2 heterocycles. The third kappa shape index (κ3) is 4.66. The van der Waals surface area contributed by atoms with Gasteiger partial charge in [0.25, 0.3) is 0 Å². The number of carbonyl (C=O) groups is 1. The van der Waals surface area contributed by atoms with E-state index in [9.17, 15) is 4.79 Å². The highest BCUT2D eigenvalue weighted by atomic mass is 32.2. The van der Waals surface area contributed by atoms with Gasteiger partial charge in [-0.05, 0) is 25.1 Å². The first kappa shape index (κ1) is 22.7. The van der Waals surface area contributed by atoms with Crippen molar-refractivity contribution in [1.82, 2.24) is 19.3 Å². The molecule has 8 heteroatoms. The fraction of sp³-hybridized carbons (Fsp3) is 0.240. The molecule has 4 aromatic rings. The minimum atomic E-state index is -0.378. The van der Waals surface area contributed by atoms with Gasteiger partial charge in [0.2, 0.25) is 0 Å². The maximum atomic E-state index is 13.0. The van der Waals surface area contributed by atoms with Crippen LogP contribution in [0.4, 0.5) is 0 Å². The predicted molar refractivity (Wildman–Crippen MR) is 130 cm³/mol. The van der Waals surface area contributed by atoms with Crippen molar-refractivity contribution in [3.63, 3.8) is 0 Å². The number of allylic oxidation sites excluding steroid dienone is 1. The number of hydrogen-bond donors (Lipinski definition) is 0. The van der Waals surface area contributed by atoms with Gasteiger partial charge in [0.15, 0.2) is 34.4 Å². The van der Waals surface area contributed by atoms with Crippen molar-refractivity contribution >= 4 is 28.4 Å². The monoisotopic (exact) mass is 462 g/mol. The Hall–Kier alpha value is -3.52. The topological polar surface area (TPSA) is 71.2 Å². The van der Waals surface area contributed by atoms with E-state index >= 15 is 0 Å². The maximum Gasteiger partial charge on any atom is 0.192 e. The van der Waals surface area contributed by atoms with Crippen LogP contribution < -0.4 is 9.47 Å². The van der Waals surface area contributed by atoms with E-state index < -0.39 is 0 Å². The molecule has 2 aromatic carbocycles. The number of aryl methyl sites for hydroxylation is 1. The number of nitrogens with zero attached hydrogens (tertiary/aromatic N) is 4. The molecule has 33 heavy (non-hydrogen) atoms. The van der Waals surface area contributed by atoms with Gasteiger partial charge in [0.05, 0.1) is 12.9 Å². The van der Waals surface area contributed by atoms with E-state index in [1.165, 1.54) is 11.8 Å². The molecule has 0 bridgehead atoms. The Morgan fingerprint density at radius 3 is 2.64 bits per heavy atom. The van der Waals surface area contributed by atoms with Crippen molar-refractivity contribution in [2.45, 2.75) is 24.7 Å². The molecule has 0 saturated heterocycles. The summed E-state index contributed by atoms with van der Waals surface area (Å²) in [7, 11) is 3.55. The quantitative estimate of drug-likeness (QED) is 0.186. The second-order valence-electron chi connectivity index (χ2n) is 7.53. The highest BCUT2D eigenvalue weighted by molar-refractivity contribution is 7.99. The standard InChI is InChI=1S/C25H26N4O3S/c1-5-14-29-24(17(2)32-23-13-9-8-12-22(23)31-4)26-27-25(29)33-16-21(30)19-15-28(3)20-11-7-6-10-18(19)20/h5-13,15,17H,1,14,16H2,2-4H3. The Balaban J connectivity index is 1.52. The normalized spacial score (nSPS) is 12.0. The summed E-state index contributed by atoms with van der Waals surface area (Å²) in [6.07, 6.45) is 3.28. The van der Waals surface area contributed by atoms with Crippen LogP contribution in [0.3, 0.4) is 0 Å². The summed E-state index contributed by atoms with van der Waals surface area (Å²) in [5.41, 5.74) is 1.74. The molecule has 0 radical (unpaired) electrons. The highest BCUT2D eigenvalue weighted by Crippen LogP contribution is 2.31. The molecule has 0 saturated carbocycles. The van der Waals surface area contributed by atoms with Crippen LogP contribution in [0, 0.1) is 0 Å². The van der Waals surface area contributed by atoms with Crippen molar-refractivity contribution in [3.8, 4) is 11.5 Å². The summed E-state index contributed by atoms with van der Waals surface area (Å²) in [5, 5.41) is 10.3. The molecule has 7 nitrogen and oxygen atoms in total. The number of aromatic nitrogens is 4. The Labute approximate surface area is 197 Å². The van der Waals surface area contributed by atoms with Gasteiger partial charge in [0.1, 0.15) is 0 Å². The van der Waals surface area contributed by atoms with Crippen LogP contribution in [0.15, 0.2) is 72.5 Å². The van der Waals surface area contributed by atoms with Crippen molar-refractivity contribution in [2.24, 2.45) is 7.05 Å². The zero-order chi connectivity index (χ0) is 23.4. The number of hydrogen-bond acceptors (Lipinski definition) is 6. The predicted octanol–water partition coefficient (Wildman–Crippen LogP) is 5.08. The van der Waals surface area contributed by atoms with Crippen molar-refractivity contribution in [3.05, 3.63) is 78.8 Å². The van der Waals surface area contributed by atoms with Crippen LogP contribution in [0.2, 0.25) is 0 Å². The molecule has 0 amide bonds. The molecule has 1 unspecified atom stereocenters. The largest absolute Gasteiger partial charge is 0.493 e. The van der Waals surface area contributed by atoms with E-state index in [0.717, 1.165) is 10.9 Å². The van der Waals surface area contributed by atoms with Gasteiger partial charge in [0, 0.05) is 36.3 Å². The lowest BCUT2D eigenvalue weighted by Gasteiger charge is -2.17. The number of ketones is 1. The molecular formula is C25H26N4O3S. The number of methoxy groups -OCH3 is 1. The zero-order valence-corrected chi connectivity index (χ0v) is 19.7. The molecule has 0 spiro atoms. The smallest absolute Gasteiger partial charge is 0.192 e. The molecule has 0 aliphatic heterocycles. The van der Waals surface area contributed by atoms with Gasteiger partial charge < -0.3 is 14.0 Å². The summed E-state index contributed by atoms with van der Waals surface area (Å²) in [4.78, 5) is 13.0. The van der Waals surface area contributed by atoms with Gasteiger partial charge in [-0.2, -0.15) is 0 Å². The molecule has 0 fully saturated rings. The molecular weight excluding hydrogens is 436 g/mol. The number of rotatable bonds is 10. The summed E-state index contributed by atoms with van der Waals surface area (Å²) >= 11 is 1.36. The molecule has 0 aliphatic rings. The van der Waals surface area contributed by atoms with E-state index in [1.54, 1.807) is 13.2 Å². The van der Waals surface area contributed by atoms with Crippen LogP contribution in [0.1, 0.15) is 29.2 Å². The second-order valence-corrected chi connectivity index (χ2v) is 8.48. The average molecular weight is 463 g/mol. The lowest BCUT2D eigenvalue weighted by molar-refractivity contribution is 0.102. The lowest BCUT2D eigenvalue weighted by atomic mass is 10.1. The minimum absolute atomic E-state index is 0.0461. The fourth-order valence-corrected chi connectivity index (χ4v) is 4.58. The van der Waals surface area contributed by atoms with Gasteiger partial charge in [-0.15, -0.1) is 16.8 Å². The third-order valence-electron chi connectivity index (χ3n) is 5.32. The van der Waals surface area contributed by atoms with Crippen LogP contribution in [0.25, 0.3) is 10.9 Å². The van der Waals surface area contributed by atoms with Crippen LogP contribution in [-0.4, -0.2) is 38.0 Å². The molecule has 4 rings (SSSR count). The molecule has 1 atom stereocenters. The molecule has 0 aliphatic carbocycles. The summed E-state index contributed by atoms with van der Waals surface area (Å²) in [6.45, 7) is 6.27. The Morgan fingerprint density at radius 2 is 1.88 bits per heavy atom. The summed E-state index contributed by atoms with van der Waals surface area (Å²) in [6, 6.07) is 15.4. The Morgan fingerprint density at radius 1 is 1.15 bits per heavy atom. The first-order chi connectivity index (χ1) is 16.0. The van der Waals surface area contributed by atoms with Crippen LogP contribution >= 0.6 is 11.8 Å². The second kappa shape index (κ2) is 9.95. The first-order valence-corrected chi connectivity index (χ1v) is 11.6. The van der Waals surface area contributed by atoms with Gasteiger partial charge in [-0.3, -0.25) is 9.36 Å². The highest BCUT2D eigenvalue weighted by Gasteiger charge is 2.22. The SMILES string of the molecule is C=CCn1c(SCC(=O)c2cn(C)c3ccccc23)nnc1C(C)Oc1ccccc1OC. The number of ether oxygens (including phenoxy) is 2. The maximum absolute atomic E-state index is 13.0. The number of benzene rings is 2. The van der Waals surface area contributed by atoms with E-state index in [-0.39, 0.29) is 17.6 Å². The first-order valence-electron chi connectivity index (χ1n) is 10.6. The van der Waals surface area contributed by atoms with Gasteiger partial charge in [-0.1, -0.05) is 48.2 Å². The number of Topliss-reactive ketones (excluding diaryl/α,β-unsaturated/α-hetero) is 1. The van der Waals surface area contributed by atoms with E-state index in [2.05, 4.69) is 16.8 Å². The van der Waals surface area contributed by atoms with Crippen molar-refractivity contribution in [2.75, 3.05) is 12.9 Å². The van der Waals surface area contributed by atoms with Gasteiger partial charge in [-0.25, -0.2) is 0 Å². The van der Waals surface area contributed by atoms with Crippen molar-refractivity contribution < 1.29 is 14.3 Å².